The lowest BCUT2D eigenvalue weighted by molar-refractivity contribution is -0.139. The molecule has 20 heavy (non-hydrogen) atoms. The first-order valence-corrected chi connectivity index (χ1v) is 6.56. The Kier molecular flexibility index (Phi) is 4.65. The van der Waals surface area contributed by atoms with Gasteiger partial charge in [0.05, 0.1) is 18.1 Å². The first kappa shape index (κ1) is 14.8. The molecule has 1 amide bonds. The molecule has 1 fully saturated rings. The van der Waals surface area contributed by atoms with Crippen molar-refractivity contribution < 1.29 is 22.8 Å². The molecule has 0 unspecified atom stereocenters. The summed E-state index contributed by atoms with van der Waals surface area (Å²) in [6.07, 6.45) is -0.528. The molecule has 0 saturated heterocycles. The average Bonchev–Trinajstić information content (AvgIpc) is 2.89. The lowest BCUT2D eigenvalue weighted by Crippen LogP contribution is -2.29. The molecule has 6 heteroatoms. The molecule has 0 bridgehead atoms. The molecule has 3 nitrogen and oxygen atoms in total. The van der Waals surface area contributed by atoms with Crippen molar-refractivity contribution in [2.45, 2.75) is 44.4 Å². The Labute approximate surface area is 115 Å². The van der Waals surface area contributed by atoms with E-state index >= 15 is 0 Å². The Morgan fingerprint density at radius 3 is 2.65 bits per heavy atom. The molecular weight excluding hydrogens is 271 g/mol. The van der Waals surface area contributed by atoms with Gasteiger partial charge in [-0.3, -0.25) is 9.63 Å². The summed E-state index contributed by atoms with van der Waals surface area (Å²) < 4.78 is 37.6. The maximum atomic E-state index is 12.5. The number of halogens is 3. The summed E-state index contributed by atoms with van der Waals surface area (Å²) in [6, 6.07) is 4.75. The normalized spacial score (nSPS) is 16.4. The molecule has 0 aromatic heterocycles. The molecular formula is C14H16F3NO2. The summed E-state index contributed by atoms with van der Waals surface area (Å²) >= 11 is 0. The molecule has 1 saturated carbocycles. The molecule has 1 aromatic rings. The van der Waals surface area contributed by atoms with Crippen LogP contribution in [-0.4, -0.2) is 12.0 Å². The van der Waals surface area contributed by atoms with Crippen molar-refractivity contribution in [1.82, 2.24) is 5.48 Å². The van der Waals surface area contributed by atoms with E-state index in [9.17, 15) is 18.0 Å². The third-order valence-corrected chi connectivity index (χ3v) is 3.26. The van der Waals surface area contributed by atoms with E-state index in [2.05, 4.69) is 5.48 Å². The van der Waals surface area contributed by atoms with E-state index in [1.54, 1.807) is 0 Å². The number of rotatable bonds is 4. The number of hydrogen-bond acceptors (Lipinski definition) is 2. The van der Waals surface area contributed by atoms with Gasteiger partial charge in [0.25, 0.3) is 0 Å². The van der Waals surface area contributed by atoms with E-state index in [0.29, 0.717) is 5.56 Å². The van der Waals surface area contributed by atoms with Gasteiger partial charge < -0.3 is 0 Å². The molecule has 0 aliphatic heterocycles. The Hall–Kier alpha value is -1.56. The van der Waals surface area contributed by atoms with Crippen LogP contribution in [0.2, 0.25) is 0 Å². The monoisotopic (exact) mass is 287 g/mol. The van der Waals surface area contributed by atoms with Crippen molar-refractivity contribution in [1.29, 1.82) is 0 Å². The van der Waals surface area contributed by atoms with Crippen LogP contribution in [0.25, 0.3) is 0 Å². The van der Waals surface area contributed by atoms with Crippen molar-refractivity contribution >= 4 is 5.91 Å². The zero-order valence-electron chi connectivity index (χ0n) is 10.9. The summed E-state index contributed by atoms with van der Waals surface area (Å²) in [6.45, 7) is 0. The molecule has 0 atom stereocenters. The van der Waals surface area contributed by atoms with Gasteiger partial charge in [-0.25, -0.2) is 5.48 Å². The van der Waals surface area contributed by atoms with Gasteiger partial charge >= 0.3 is 6.18 Å². The number of carbonyl (C=O) groups excluding carboxylic acids is 1. The van der Waals surface area contributed by atoms with Gasteiger partial charge in [0.2, 0.25) is 5.91 Å². The Balaban J connectivity index is 1.87. The highest BCUT2D eigenvalue weighted by molar-refractivity contribution is 5.77. The van der Waals surface area contributed by atoms with Crippen LogP contribution in [0.1, 0.15) is 36.8 Å². The number of nitrogens with one attached hydrogen (secondary N) is 1. The minimum atomic E-state index is -4.40. The Bertz CT molecular complexity index is 468. The van der Waals surface area contributed by atoms with Gasteiger partial charge in [-0.2, -0.15) is 13.2 Å². The van der Waals surface area contributed by atoms with E-state index in [1.807, 2.05) is 0 Å². The number of carbonyl (C=O) groups is 1. The molecule has 110 valence electrons. The van der Waals surface area contributed by atoms with Crippen LogP contribution in [0.15, 0.2) is 24.3 Å². The van der Waals surface area contributed by atoms with Gasteiger partial charge in [-0.05, 0) is 24.5 Å². The quantitative estimate of drug-likeness (QED) is 0.863. The third kappa shape index (κ3) is 4.23. The smallest absolute Gasteiger partial charge is 0.272 e. The van der Waals surface area contributed by atoms with E-state index in [4.69, 9.17) is 4.84 Å². The summed E-state index contributed by atoms with van der Waals surface area (Å²) in [4.78, 5) is 16.8. The number of hydroxylamine groups is 1. The second-order valence-electron chi connectivity index (χ2n) is 4.92. The summed E-state index contributed by atoms with van der Waals surface area (Å²) in [5.74, 6) is -0.434. The van der Waals surface area contributed by atoms with Crippen molar-refractivity contribution in [2.75, 3.05) is 0 Å². The fourth-order valence-electron chi connectivity index (χ4n) is 2.23. The molecule has 0 radical (unpaired) electrons. The van der Waals surface area contributed by atoms with Gasteiger partial charge in [0, 0.05) is 0 Å². The molecule has 1 aliphatic carbocycles. The highest BCUT2D eigenvalue weighted by Gasteiger charge is 2.30. The van der Waals surface area contributed by atoms with Crippen LogP contribution >= 0.6 is 0 Å². The maximum absolute atomic E-state index is 12.5. The van der Waals surface area contributed by atoms with E-state index in [1.165, 1.54) is 12.1 Å². The standard InChI is InChI=1S/C14H16F3NO2/c15-14(16,17)11-5-3-4-10(8-11)9-13(19)18-20-12-6-1-2-7-12/h3-5,8,12H,1-2,6-7,9H2,(H,18,19). The number of alkyl halides is 3. The number of amides is 1. The number of benzene rings is 1. The minimum absolute atomic E-state index is 0.0282. The molecule has 1 aromatic carbocycles. The third-order valence-electron chi connectivity index (χ3n) is 3.26. The highest BCUT2D eigenvalue weighted by Crippen LogP contribution is 2.29. The van der Waals surface area contributed by atoms with Crippen molar-refractivity contribution in [3.8, 4) is 0 Å². The Morgan fingerprint density at radius 1 is 1.30 bits per heavy atom. The topological polar surface area (TPSA) is 38.3 Å². The zero-order valence-corrected chi connectivity index (χ0v) is 10.9. The predicted molar refractivity (Wildman–Crippen MR) is 66.6 cm³/mol. The maximum Gasteiger partial charge on any atom is 0.416 e. The first-order chi connectivity index (χ1) is 9.45. The van der Waals surface area contributed by atoms with Crippen LogP contribution in [0.4, 0.5) is 13.2 Å². The number of hydrogen-bond donors (Lipinski definition) is 1. The van der Waals surface area contributed by atoms with E-state index < -0.39 is 17.6 Å². The summed E-state index contributed by atoms with van der Waals surface area (Å²) in [7, 11) is 0. The van der Waals surface area contributed by atoms with Gasteiger partial charge in [-0.15, -0.1) is 0 Å². The van der Waals surface area contributed by atoms with Gasteiger partial charge in [-0.1, -0.05) is 31.0 Å². The van der Waals surface area contributed by atoms with Crippen LogP contribution in [0.5, 0.6) is 0 Å². The van der Waals surface area contributed by atoms with Crippen LogP contribution in [0, 0.1) is 0 Å². The van der Waals surface area contributed by atoms with Crippen LogP contribution in [-0.2, 0) is 22.2 Å². The van der Waals surface area contributed by atoms with Crippen molar-refractivity contribution in [2.24, 2.45) is 0 Å². The predicted octanol–water partition coefficient (Wildman–Crippen LogP) is 3.24. The largest absolute Gasteiger partial charge is 0.416 e. The fourth-order valence-corrected chi connectivity index (χ4v) is 2.23. The molecule has 2 rings (SSSR count). The average molecular weight is 287 g/mol. The highest BCUT2D eigenvalue weighted by atomic mass is 19.4. The SMILES string of the molecule is O=C(Cc1cccc(C(F)(F)F)c1)NOC1CCCC1. The first-order valence-electron chi connectivity index (χ1n) is 6.56. The second kappa shape index (κ2) is 6.26. The summed E-state index contributed by atoms with van der Waals surface area (Å²) in [5.41, 5.74) is 1.87. The summed E-state index contributed by atoms with van der Waals surface area (Å²) in [5, 5.41) is 0. The molecule has 0 heterocycles. The lowest BCUT2D eigenvalue weighted by atomic mass is 10.1. The molecule has 1 aliphatic rings. The van der Waals surface area contributed by atoms with E-state index in [0.717, 1.165) is 37.8 Å². The van der Waals surface area contributed by atoms with Crippen LogP contribution < -0.4 is 5.48 Å². The van der Waals surface area contributed by atoms with E-state index in [-0.39, 0.29) is 12.5 Å². The second-order valence-corrected chi connectivity index (χ2v) is 4.92. The fraction of sp³-hybridized carbons (Fsp3) is 0.500. The van der Waals surface area contributed by atoms with Gasteiger partial charge in [0.15, 0.2) is 0 Å². The minimum Gasteiger partial charge on any atom is -0.272 e. The molecule has 1 N–H and O–H groups in total. The Morgan fingerprint density at radius 2 is 2.00 bits per heavy atom. The molecule has 0 spiro atoms. The lowest BCUT2D eigenvalue weighted by Gasteiger charge is -2.12. The zero-order chi connectivity index (χ0) is 14.6. The van der Waals surface area contributed by atoms with Crippen molar-refractivity contribution in [3.05, 3.63) is 35.4 Å². The van der Waals surface area contributed by atoms with Gasteiger partial charge in [0.1, 0.15) is 0 Å². The van der Waals surface area contributed by atoms with Crippen LogP contribution in [0.3, 0.4) is 0 Å². The van der Waals surface area contributed by atoms with Crippen molar-refractivity contribution in [3.63, 3.8) is 0 Å².